The van der Waals surface area contributed by atoms with Crippen molar-refractivity contribution in [2.45, 2.75) is 6.42 Å². The molecule has 0 saturated heterocycles. The van der Waals surface area contributed by atoms with Crippen LogP contribution in [0.25, 0.3) is 0 Å². The van der Waals surface area contributed by atoms with Crippen LogP contribution in [0.15, 0.2) is 48.5 Å². The van der Waals surface area contributed by atoms with Crippen LogP contribution in [0.2, 0.25) is 0 Å². The average Bonchev–Trinajstić information content (AvgIpc) is 2.60. The summed E-state index contributed by atoms with van der Waals surface area (Å²) in [6, 6.07) is 14.8. The Labute approximate surface area is 138 Å². The van der Waals surface area contributed by atoms with E-state index in [1.807, 2.05) is 30.3 Å². The van der Waals surface area contributed by atoms with Crippen LogP contribution in [0.4, 0.5) is 4.39 Å². The standard InChI is InChI=1S/C18H15FN2O3/c19-16-10-14(11-20)6-7-15(16)18(23)24-12-17(22)21-9-8-13-4-2-1-3-5-13/h1-7,10H,8-9,12H2,(H,21,22). The molecule has 2 aromatic carbocycles. The lowest BCUT2D eigenvalue weighted by molar-refractivity contribution is -0.124. The number of benzene rings is 2. The highest BCUT2D eigenvalue weighted by Crippen LogP contribution is 2.11. The van der Waals surface area contributed by atoms with Gasteiger partial charge in [0.1, 0.15) is 5.82 Å². The predicted octanol–water partition coefficient (Wildman–Crippen LogP) is 2.21. The van der Waals surface area contributed by atoms with Gasteiger partial charge in [0.2, 0.25) is 0 Å². The highest BCUT2D eigenvalue weighted by atomic mass is 19.1. The molecule has 0 aliphatic rings. The SMILES string of the molecule is N#Cc1ccc(C(=O)OCC(=O)NCCc2ccccc2)c(F)c1. The number of carbonyl (C=O) groups excluding carboxylic acids is 2. The lowest BCUT2D eigenvalue weighted by Crippen LogP contribution is -2.30. The summed E-state index contributed by atoms with van der Waals surface area (Å²) in [4.78, 5) is 23.4. The van der Waals surface area contributed by atoms with Crippen LogP contribution in [0.1, 0.15) is 21.5 Å². The monoisotopic (exact) mass is 326 g/mol. The van der Waals surface area contributed by atoms with Crippen molar-refractivity contribution in [3.05, 3.63) is 71.0 Å². The molecule has 2 rings (SSSR count). The summed E-state index contributed by atoms with van der Waals surface area (Å²) in [6.45, 7) is -0.0846. The first-order chi connectivity index (χ1) is 11.6. The average molecular weight is 326 g/mol. The molecule has 6 heteroatoms. The third-order valence-corrected chi connectivity index (χ3v) is 3.23. The van der Waals surface area contributed by atoms with Crippen molar-refractivity contribution in [2.24, 2.45) is 0 Å². The molecule has 2 aromatic rings. The van der Waals surface area contributed by atoms with Crippen LogP contribution in [-0.4, -0.2) is 25.0 Å². The van der Waals surface area contributed by atoms with Gasteiger partial charge in [0, 0.05) is 6.54 Å². The maximum absolute atomic E-state index is 13.6. The van der Waals surface area contributed by atoms with Crippen molar-refractivity contribution in [2.75, 3.05) is 13.2 Å². The lowest BCUT2D eigenvalue weighted by Gasteiger charge is -2.07. The zero-order valence-electron chi connectivity index (χ0n) is 12.8. The molecular weight excluding hydrogens is 311 g/mol. The third-order valence-electron chi connectivity index (χ3n) is 3.23. The van der Waals surface area contributed by atoms with Crippen molar-refractivity contribution < 1.29 is 18.7 Å². The van der Waals surface area contributed by atoms with Crippen molar-refractivity contribution >= 4 is 11.9 Å². The predicted molar refractivity (Wildman–Crippen MR) is 84.6 cm³/mol. The Balaban J connectivity index is 1.77. The van der Waals surface area contributed by atoms with Crippen molar-refractivity contribution in [3.8, 4) is 6.07 Å². The first-order valence-electron chi connectivity index (χ1n) is 7.27. The van der Waals surface area contributed by atoms with E-state index in [-0.39, 0.29) is 11.1 Å². The third kappa shape index (κ3) is 4.92. The van der Waals surface area contributed by atoms with Crippen molar-refractivity contribution in [1.82, 2.24) is 5.32 Å². The van der Waals surface area contributed by atoms with Gasteiger partial charge >= 0.3 is 5.97 Å². The van der Waals surface area contributed by atoms with Gasteiger partial charge in [-0.25, -0.2) is 9.18 Å². The molecule has 1 N–H and O–H groups in total. The molecule has 5 nitrogen and oxygen atoms in total. The molecule has 1 amide bonds. The number of rotatable bonds is 6. The number of ether oxygens (including phenoxy) is 1. The van der Waals surface area contributed by atoms with Crippen LogP contribution in [0.3, 0.4) is 0 Å². The van der Waals surface area contributed by atoms with Crippen molar-refractivity contribution in [3.63, 3.8) is 0 Å². The van der Waals surface area contributed by atoms with Gasteiger partial charge in [-0.15, -0.1) is 0 Å². The summed E-state index contributed by atoms with van der Waals surface area (Å²) >= 11 is 0. The number of carbonyl (C=O) groups is 2. The fourth-order valence-electron chi connectivity index (χ4n) is 2.00. The van der Waals surface area contributed by atoms with Gasteiger partial charge in [-0.2, -0.15) is 5.26 Å². The molecule has 0 heterocycles. The molecule has 0 aromatic heterocycles. The van der Waals surface area contributed by atoms with Gasteiger partial charge in [-0.1, -0.05) is 30.3 Å². The van der Waals surface area contributed by atoms with Crippen LogP contribution >= 0.6 is 0 Å². The molecule has 0 atom stereocenters. The fraction of sp³-hybridized carbons (Fsp3) is 0.167. The van der Waals surface area contributed by atoms with Gasteiger partial charge in [-0.05, 0) is 30.2 Å². The minimum Gasteiger partial charge on any atom is -0.452 e. The number of nitrogens with zero attached hydrogens (tertiary/aromatic N) is 1. The number of nitrogens with one attached hydrogen (secondary N) is 1. The molecule has 0 unspecified atom stereocenters. The Kier molecular flexibility index (Phi) is 6.03. The first kappa shape index (κ1) is 17.2. The molecule has 122 valence electrons. The Hall–Kier alpha value is -3.20. The maximum Gasteiger partial charge on any atom is 0.341 e. The second kappa shape index (κ2) is 8.44. The van der Waals surface area contributed by atoms with E-state index in [1.54, 1.807) is 6.07 Å². The molecule has 0 aliphatic carbocycles. The fourth-order valence-corrected chi connectivity index (χ4v) is 2.00. The smallest absolute Gasteiger partial charge is 0.341 e. The van der Waals surface area contributed by atoms with E-state index in [0.29, 0.717) is 13.0 Å². The van der Waals surface area contributed by atoms with E-state index in [9.17, 15) is 14.0 Å². The maximum atomic E-state index is 13.6. The minimum absolute atomic E-state index is 0.0997. The molecule has 24 heavy (non-hydrogen) atoms. The summed E-state index contributed by atoms with van der Waals surface area (Å²) in [7, 11) is 0. The summed E-state index contributed by atoms with van der Waals surface area (Å²) in [5.74, 6) is -2.27. The van der Waals surface area contributed by atoms with E-state index in [2.05, 4.69) is 5.32 Å². The van der Waals surface area contributed by atoms with E-state index < -0.39 is 24.3 Å². The van der Waals surface area contributed by atoms with Gasteiger partial charge < -0.3 is 10.1 Å². The summed E-state index contributed by atoms with van der Waals surface area (Å²) in [5.41, 5.74) is 0.864. The number of esters is 1. The van der Waals surface area contributed by atoms with Crippen LogP contribution in [-0.2, 0) is 16.0 Å². The van der Waals surface area contributed by atoms with Gasteiger partial charge in [0.05, 0.1) is 17.2 Å². The Morgan fingerprint density at radius 3 is 2.58 bits per heavy atom. The van der Waals surface area contributed by atoms with E-state index in [1.165, 1.54) is 6.07 Å². The van der Waals surface area contributed by atoms with Crippen LogP contribution < -0.4 is 5.32 Å². The molecule has 0 bridgehead atoms. The van der Waals surface area contributed by atoms with Gasteiger partial charge in [0.25, 0.3) is 5.91 Å². The number of nitriles is 1. The normalized spacial score (nSPS) is 9.83. The topological polar surface area (TPSA) is 79.2 Å². The van der Waals surface area contributed by atoms with E-state index >= 15 is 0 Å². The molecule has 0 aliphatic heterocycles. The summed E-state index contributed by atoms with van der Waals surface area (Å²) < 4.78 is 18.4. The Morgan fingerprint density at radius 1 is 1.17 bits per heavy atom. The molecule has 0 saturated carbocycles. The molecule has 0 fully saturated rings. The molecule has 0 spiro atoms. The van der Waals surface area contributed by atoms with Gasteiger partial charge in [0.15, 0.2) is 6.61 Å². The second-order valence-corrected chi connectivity index (χ2v) is 4.97. The van der Waals surface area contributed by atoms with E-state index in [4.69, 9.17) is 10.00 Å². The lowest BCUT2D eigenvalue weighted by atomic mass is 10.1. The summed E-state index contributed by atoms with van der Waals surface area (Å²) in [6.07, 6.45) is 0.658. The number of amides is 1. The quantitative estimate of drug-likeness (QED) is 0.826. The Bertz CT molecular complexity index is 770. The second-order valence-electron chi connectivity index (χ2n) is 4.97. The first-order valence-corrected chi connectivity index (χ1v) is 7.27. The Morgan fingerprint density at radius 2 is 1.92 bits per heavy atom. The highest BCUT2D eigenvalue weighted by Gasteiger charge is 2.15. The van der Waals surface area contributed by atoms with Crippen LogP contribution in [0, 0.1) is 17.1 Å². The highest BCUT2D eigenvalue weighted by molar-refractivity contribution is 5.91. The largest absolute Gasteiger partial charge is 0.452 e. The zero-order chi connectivity index (χ0) is 17.4. The molecule has 0 radical (unpaired) electrons. The number of hydrogen-bond donors (Lipinski definition) is 1. The van der Waals surface area contributed by atoms with Crippen LogP contribution in [0.5, 0.6) is 0 Å². The minimum atomic E-state index is -0.949. The zero-order valence-corrected chi connectivity index (χ0v) is 12.8. The molecular formula is C18H15FN2O3. The van der Waals surface area contributed by atoms with Gasteiger partial charge in [-0.3, -0.25) is 4.79 Å². The van der Waals surface area contributed by atoms with Crippen molar-refractivity contribution in [1.29, 1.82) is 5.26 Å². The number of hydrogen-bond acceptors (Lipinski definition) is 4. The number of halogens is 1. The summed E-state index contributed by atoms with van der Waals surface area (Å²) in [5, 5.41) is 11.3. The van der Waals surface area contributed by atoms with E-state index in [0.717, 1.165) is 17.7 Å².